The number of anilines is 2. The average Bonchev–Trinajstić information content (AvgIpc) is 3.37. The lowest BCUT2D eigenvalue weighted by atomic mass is 10.1. The lowest BCUT2D eigenvalue weighted by molar-refractivity contribution is 0.0996. The van der Waals surface area contributed by atoms with Gasteiger partial charge in [-0.2, -0.15) is 0 Å². The Hall–Kier alpha value is -3.45. The van der Waals surface area contributed by atoms with E-state index in [1.54, 1.807) is 30.3 Å². The smallest absolute Gasteiger partial charge is 0.319 e. The van der Waals surface area contributed by atoms with E-state index >= 15 is 0 Å². The number of furan rings is 1. The molecule has 1 unspecified atom stereocenters. The summed E-state index contributed by atoms with van der Waals surface area (Å²) in [5.41, 5.74) is 3.07. The number of fused-ring (bicyclic) bond motifs is 1. The van der Waals surface area contributed by atoms with Crippen molar-refractivity contribution in [2.45, 2.75) is 26.0 Å². The van der Waals surface area contributed by atoms with Gasteiger partial charge in [0, 0.05) is 18.7 Å². The normalized spacial score (nSPS) is 14.5. The number of nitrogens with one attached hydrogen (secondary N) is 3. The Bertz CT molecular complexity index is 1080. The monoisotopic (exact) mass is 425 g/mol. The van der Waals surface area contributed by atoms with Crippen LogP contribution in [0, 0.1) is 0 Å². The molecule has 2 heterocycles. The number of urea groups is 1. The van der Waals surface area contributed by atoms with Crippen molar-refractivity contribution in [2.75, 3.05) is 10.6 Å². The van der Waals surface area contributed by atoms with Gasteiger partial charge in [0.2, 0.25) is 0 Å². The molecule has 30 heavy (non-hydrogen) atoms. The van der Waals surface area contributed by atoms with Gasteiger partial charge in [-0.25, -0.2) is 4.79 Å². The molecule has 0 saturated carbocycles. The van der Waals surface area contributed by atoms with Crippen LogP contribution in [-0.2, 0) is 13.0 Å². The second kappa shape index (κ2) is 8.51. The Morgan fingerprint density at radius 1 is 1.13 bits per heavy atom. The molecule has 154 valence electrons. The molecule has 1 aromatic heterocycles. The summed E-state index contributed by atoms with van der Waals surface area (Å²) in [4.78, 5) is 24.3. The lowest BCUT2D eigenvalue weighted by Gasteiger charge is -2.11. The van der Waals surface area contributed by atoms with Crippen molar-refractivity contribution >= 4 is 34.9 Å². The van der Waals surface area contributed by atoms with Crippen molar-refractivity contribution in [1.82, 2.24) is 5.32 Å². The number of benzene rings is 2. The first-order valence-corrected chi connectivity index (χ1v) is 9.83. The van der Waals surface area contributed by atoms with E-state index in [2.05, 4.69) is 16.0 Å². The van der Waals surface area contributed by atoms with Crippen LogP contribution in [-0.4, -0.2) is 18.0 Å². The molecule has 0 bridgehead atoms. The van der Waals surface area contributed by atoms with Gasteiger partial charge in [-0.1, -0.05) is 23.7 Å². The van der Waals surface area contributed by atoms with E-state index in [9.17, 15) is 9.59 Å². The third kappa shape index (κ3) is 4.58. The minimum atomic E-state index is -0.408. The Labute approximate surface area is 178 Å². The molecule has 3 N–H and O–H groups in total. The maximum Gasteiger partial charge on any atom is 0.319 e. The number of hydrogen-bond donors (Lipinski definition) is 3. The minimum absolute atomic E-state index is 0.181. The molecule has 1 aliphatic rings. The van der Waals surface area contributed by atoms with Gasteiger partial charge in [0.05, 0.1) is 17.0 Å². The van der Waals surface area contributed by atoms with Gasteiger partial charge in [-0.15, -0.1) is 0 Å². The summed E-state index contributed by atoms with van der Waals surface area (Å²) in [7, 11) is 0. The maximum atomic E-state index is 12.2. The molecule has 3 aromatic rings. The van der Waals surface area contributed by atoms with Crippen LogP contribution in [0.2, 0.25) is 5.02 Å². The third-order valence-electron chi connectivity index (χ3n) is 4.63. The van der Waals surface area contributed by atoms with E-state index in [4.69, 9.17) is 20.8 Å². The van der Waals surface area contributed by atoms with Crippen molar-refractivity contribution in [3.05, 3.63) is 76.7 Å². The van der Waals surface area contributed by atoms with E-state index in [1.807, 2.05) is 25.1 Å². The predicted octanol–water partition coefficient (Wildman–Crippen LogP) is 4.83. The highest BCUT2D eigenvalue weighted by Crippen LogP contribution is 2.29. The van der Waals surface area contributed by atoms with E-state index in [1.165, 1.54) is 6.26 Å². The van der Waals surface area contributed by atoms with Crippen molar-refractivity contribution in [1.29, 1.82) is 0 Å². The Morgan fingerprint density at radius 3 is 2.77 bits per heavy atom. The summed E-state index contributed by atoms with van der Waals surface area (Å²) in [5.74, 6) is 0.680. The van der Waals surface area contributed by atoms with E-state index in [0.717, 1.165) is 23.3 Å². The van der Waals surface area contributed by atoms with Crippen molar-refractivity contribution in [3.63, 3.8) is 0 Å². The molecule has 1 atom stereocenters. The highest BCUT2D eigenvalue weighted by Gasteiger charge is 2.19. The van der Waals surface area contributed by atoms with Crippen LogP contribution < -0.4 is 20.7 Å². The van der Waals surface area contributed by atoms with E-state index < -0.39 is 5.91 Å². The third-order valence-corrected chi connectivity index (χ3v) is 4.95. The van der Waals surface area contributed by atoms with E-state index in [-0.39, 0.29) is 17.9 Å². The molecular formula is C22H20ClN3O4. The van der Waals surface area contributed by atoms with Gasteiger partial charge >= 0.3 is 6.03 Å². The molecule has 7 nitrogen and oxygen atoms in total. The average molecular weight is 426 g/mol. The molecule has 4 rings (SSSR count). The topological polar surface area (TPSA) is 92.6 Å². The zero-order chi connectivity index (χ0) is 21.1. The minimum Gasteiger partial charge on any atom is -0.490 e. The number of rotatable bonds is 5. The second-order valence-corrected chi connectivity index (χ2v) is 7.42. The van der Waals surface area contributed by atoms with Gasteiger partial charge in [0.15, 0.2) is 5.76 Å². The van der Waals surface area contributed by atoms with Crippen molar-refractivity contribution in [2.24, 2.45) is 0 Å². The molecule has 0 fully saturated rings. The fourth-order valence-corrected chi connectivity index (χ4v) is 3.46. The van der Waals surface area contributed by atoms with Crippen LogP contribution in [0.15, 0.2) is 59.2 Å². The summed E-state index contributed by atoms with van der Waals surface area (Å²) in [6.45, 7) is 2.42. The number of halogens is 1. The second-order valence-electron chi connectivity index (χ2n) is 7.01. The number of amides is 3. The highest BCUT2D eigenvalue weighted by atomic mass is 35.5. The van der Waals surface area contributed by atoms with Crippen LogP contribution in [0.25, 0.3) is 0 Å². The molecule has 2 aromatic carbocycles. The Kier molecular flexibility index (Phi) is 5.63. The fourth-order valence-electron chi connectivity index (χ4n) is 3.23. The fraction of sp³-hybridized carbons (Fsp3) is 0.182. The molecule has 0 saturated heterocycles. The Morgan fingerprint density at radius 2 is 2.00 bits per heavy atom. The van der Waals surface area contributed by atoms with E-state index in [0.29, 0.717) is 22.9 Å². The number of hydrogen-bond acceptors (Lipinski definition) is 4. The van der Waals surface area contributed by atoms with Gasteiger partial charge in [-0.05, 0) is 54.4 Å². The van der Waals surface area contributed by atoms with Gasteiger partial charge in [0.25, 0.3) is 5.91 Å². The first kappa shape index (κ1) is 19.8. The molecule has 8 heteroatoms. The number of carbonyl (C=O) groups excluding carboxylic acids is 2. The zero-order valence-electron chi connectivity index (χ0n) is 16.2. The Balaban J connectivity index is 1.32. The lowest BCUT2D eigenvalue weighted by Crippen LogP contribution is -2.28. The molecule has 3 amide bonds. The summed E-state index contributed by atoms with van der Waals surface area (Å²) in [6, 6.07) is 13.6. The standard InChI is InChI=1S/C22H20ClN3O4/c1-13-9-15-10-14(4-7-19(15)30-13)12-24-22(28)25-16-5-6-18(17(23)11-16)26-21(27)20-3-2-8-29-20/h2-8,10-11,13H,9,12H2,1H3,(H,26,27)(H2,24,25,28). The molecule has 0 spiro atoms. The van der Waals surface area contributed by atoms with Gasteiger partial charge in [0.1, 0.15) is 11.9 Å². The van der Waals surface area contributed by atoms with Gasteiger partial charge < -0.3 is 25.1 Å². The number of ether oxygens (including phenoxy) is 1. The van der Waals surface area contributed by atoms with Crippen LogP contribution in [0.1, 0.15) is 28.6 Å². The van der Waals surface area contributed by atoms with Crippen LogP contribution >= 0.6 is 11.6 Å². The van der Waals surface area contributed by atoms with Crippen LogP contribution in [0.3, 0.4) is 0 Å². The predicted molar refractivity (Wildman–Crippen MR) is 114 cm³/mol. The zero-order valence-corrected chi connectivity index (χ0v) is 17.0. The summed E-state index contributed by atoms with van der Waals surface area (Å²) in [5, 5.41) is 8.50. The van der Waals surface area contributed by atoms with Crippen LogP contribution in [0.5, 0.6) is 5.75 Å². The van der Waals surface area contributed by atoms with Gasteiger partial charge in [-0.3, -0.25) is 4.79 Å². The quantitative estimate of drug-likeness (QED) is 0.545. The first-order chi connectivity index (χ1) is 14.5. The van der Waals surface area contributed by atoms with Crippen molar-refractivity contribution < 1.29 is 18.7 Å². The molecule has 0 aliphatic carbocycles. The van der Waals surface area contributed by atoms with Crippen molar-refractivity contribution in [3.8, 4) is 5.75 Å². The molecule has 0 radical (unpaired) electrons. The summed E-state index contributed by atoms with van der Waals surface area (Å²) in [6.07, 6.45) is 2.47. The highest BCUT2D eigenvalue weighted by molar-refractivity contribution is 6.34. The summed E-state index contributed by atoms with van der Waals surface area (Å²) < 4.78 is 10.7. The molecular weight excluding hydrogens is 406 g/mol. The van der Waals surface area contributed by atoms with Crippen LogP contribution in [0.4, 0.5) is 16.2 Å². The first-order valence-electron chi connectivity index (χ1n) is 9.45. The maximum absolute atomic E-state index is 12.2. The number of carbonyl (C=O) groups is 2. The summed E-state index contributed by atoms with van der Waals surface area (Å²) >= 11 is 6.23. The molecule has 1 aliphatic heterocycles. The largest absolute Gasteiger partial charge is 0.490 e. The SMILES string of the molecule is CC1Cc2cc(CNC(=O)Nc3ccc(NC(=O)c4ccco4)c(Cl)c3)ccc2O1.